The first-order chi connectivity index (χ1) is 14.2. The molecule has 0 atom stereocenters. The second-order valence-corrected chi connectivity index (χ2v) is 7.27. The molecular formula is C22H25N5O2. The lowest BCUT2D eigenvalue weighted by Crippen LogP contribution is -2.43. The number of amides is 1. The number of benzene rings is 2. The molecule has 4 rings (SSSR count). The van der Waals surface area contributed by atoms with Crippen LogP contribution in [0.15, 0.2) is 54.6 Å². The summed E-state index contributed by atoms with van der Waals surface area (Å²) in [6, 6.07) is 17.6. The highest BCUT2D eigenvalue weighted by Gasteiger charge is 2.27. The minimum atomic E-state index is -0.0160. The van der Waals surface area contributed by atoms with Gasteiger partial charge in [0.15, 0.2) is 0 Å². The van der Waals surface area contributed by atoms with E-state index in [-0.39, 0.29) is 18.5 Å². The van der Waals surface area contributed by atoms with Crippen molar-refractivity contribution in [3.05, 3.63) is 54.6 Å². The molecule has 7 nitrogen and oxygen atoms in total. The van der Waals surface area contributed by atoms with Crippen LogP contribution in [0.2, 0.25) is 0 Å². The normalized spacial score (nSPS) is 14.5. The summed E-state index contributed by atoms with van der Waals surface area (Å²) < 4.78 is 5.25. The molecule has 0 radical (unpaired) electrons. The third-order valence-electron chi connectivity index (χ3n) is 5.30. The van der Waals surface area contributed by atoms with Crippen molar-refractivity contribution < 1.29 is 9.53 Å². The summed E-state index contributed by atoms with van der Waals surface area (Å²) in [7, 11) is 1.62. The number of carbonyl (C=O) groups excluding carboxylic acids is 1. The van der Waals surface area contributed by atoms with Crippen molar-refractivity contribution in [1.29, 1.82) is 0 Å². The predicted molar refractivity (Wildman–Crippen MR) is 111 cm³/mol. The molecule has 7 heteroatoms. The molecule has 150 valence electrons. The Kier molecular flexibility index (Phi) is 5.84. The Labute approximate surface area is 170 Å². The van der Waals surface area contributed by atoms with Crippen LogP contribution >= 0.6 is 0 Å². The average molecular weight is 391 g/mol. The number of methoxy groups -OCH3 is 1. The number of tetrazole rings is 1. The smallest absolute Gasteiger partial charge is 0.250 e. The van der Waals surface area contributed by atoms with Crippen LogP contribution in [0.1, 0.15) is 32.1 Å². The lowest BCUT2D eigenvalue weighted by Gasteiger charge is -2.34. The van der Waals surface area contributed by atoms with E-state index in [9.17, 15) is 4.79 Å². The van der Waals surface area contributed by atoms with Crippen molar-refractivity contribution >= 4 is 11.6 Å². The first-order valence-corrected chi connectivity index (χ1v) is 10.0. The Morgan fingerprint density at radius 3 is 2.66 bits per heavy atom. The fourth-order valence-corrected chi connectivity index (χ4v) is 3.87. The maximum atomic E-state index is 13.2. The van der Waals surface area contributed by atoms with Gasteiger partial charge in [-0.2, -0.15) is 4.80 Å². The maximum absolute atomic E-state index is 13.2. The van der Waals surface area contributed by atoms with Crippen molar-refractivity contribution in [2.45, 2.75) is 44.7 Å². The highest BCUT2D eigenvalue weighted by molar-refractivity contribution is 5.93. The maximum Gasteiger partial charge on any atom is 0.250 e. The molecule has 0 saturated heterocycles. The quantitative estimate of drug-likeness (QED) is 0.640. The predicted octanol–water partition coefficient (Wildman–Crippen LogP) is 3.71. The number of aromatic nitrogens is 4. The first kappa shape index (κ1) is 19.1. The lowest BCUT2D eigenvalue weighted by atomic mass is 9.93. The van der Waals surface area contributed by atoms with Crippen molar-refractivity contribution in [2.24, 2.45) is 0 Å². The van der Waals surface area contributed by atoms with Crippen molar-refractivity contribution in [1.82, 2.24) is 20.2 Å². The molecule has 1 aromatic heterocycles. The molecule has 29 heavy (non-hydrogen) atoms. The van der Waals surface area contributed by atoms with Gasteiger partial charge in [0.25, 0.3) is 5.91 Å². The Hall–Kier alpha value is -3.22. The number of carbonyl (C=O) groups is 1. The zero-order valence-corrected chi connectivity index (χ0v) is 16.6. The Bertz CT molecular complexity index is 951. The number of ether oxygens (including phenoxy) is 1. The van der Waals surface area contributed by atoms with Gasteiger partial charge in [0, 0.05) is 17.3 Å². The van der Waals surface area contributed by atoms with Gasteiger partial charge in [0.05, 0.1) is 7.11 Å². The third kappa shape index (κ3) is 4.45. The molecule has 1 fully saturated rings. The van der Waals surface area contributed by atoms with Gasteiger partial charge in [-0.15, -0.1) is 10.2 Å². The molecule has 1 amide bonds. The topological polar surface area (TPSA) is 73.1 Å². The number of rotatable bonds is 6. The summed E-state index contributed by atoms with van der Waals surface area (Å²) in [5.41, 5.74) is 1.73. The summed E-state index contributed by atoms with van der Waals surface area (Å²) in [6.45, 7) is 0.0579. The van der Waals surface area contributed by atoms with Crippen LogP contribution < -0.4 is 9.64 Å². The van der Waals surface area contributed by atoms with Gasteiger partial charge >= 0.3 is 0 Å². The van der Waals surface area contributed by atoms with E-state index in [1.807, 2.05) is 59.5 Å². The largest absolute Gasteiger partial charge is 0.497 e. The molecule has 0 aliphatic heterocycles. The summed E-state index contributed by atoms with van der Waals surface area (Å²) in [6.07, 6.45) is 5.61. The molecular weight excluding hydrogens is 366 g/mol. The van der Waals surface area contributed by atoms with E-state index < -0.39 is 0 Å². The van der Waals surface area contributed by atoms with Crippen LogP contribution in [-0.2, 0) is 11.3 Å². The van der Waals surface area contributed by atoms with Crippen LogP contribution in [0.4, 0.5) is 5.69 Å². The fourth-order valence-electron chi connectivity index (χ4n) is 3.87. The summed E-state index contributed by atoms with van der Waals surface area (Å²) in [5.74, 6) is 1.18. The van der Waals surface area contributed by atoms with Crippen molar-refractivity contribution in [3.8, 4) is 17.1 Å². The van der Waals surface area contributed by atoms with Crippen LogP contribution in [0.3, 0.4) is 0 Å². The Morgan fingerprint density at radius 1 is 1.10 bits per heavy atom. The minimum absolute atomic E-state index is 0.0160. The number of hydrogen-bond acceptors (Lipinski definition) is 5. The number of hydrogen-bond donors (Lipinski definition) is 0. The third-order valence-corrected chi connectivity index (χ3v) is 5.30. The number of anilines is 1. The monoisotopic (exact) mass is 391 g/mol. The molecule has 0 spiro atoms. The highest BCUT2D eigenvalue weighted by atomic mass is 16.5. The molecule has 1 heterocycles. The molecule has 0 bridgehead atoms. The zero-order chi connectivity index (χ0) is 20.1. The van der Waals surface area contributed by atoms with E-state index in [1.165, 1.54) is 11.2 Å². The van der Waals surface area contributed by atoms with Gasteiger partial charge in [-0.25, -0.2) is 0 Å². The standard InChI is InChI=1S/C22H25N5O2/c1-29-20-14-8-9-17(15-20)22-23-25-26(24-22)16-21(28)27(18-10-4-2-5-11-18)19-12-6-3-7-13-19/h2,4-5,8-11,14-15,19H,3,6-7,12-13,16H2,1H3. The number of nitrogens with zero attached hydrogens (tertiary/aromatic N) is 5. The van der Waals surface area contributed by atoms with E-state index in [4.69, 9.17) is 4.74 Å². The Morgan fingerprint density at radius 2 is 1.90 bits per heavy atom. The van der Waals surface area contributed by atoms with Gasteiger partial charge in [0.2, 0.25) is 5.82 Å². The fraction of sp³-hybridized carbons (Fsp3) is 0.364. The van der Waals surface area contributed by atoms with Crippen LogP contribution in [0.5, 0.6) is 5.75 Å². The van der Waals surface area contributed by atoms with E-state index in [2.05, 4.69) is 15.4 Å². The van der Waals surface area contributed by atoms with Crippen LogP contribution in [0, 0.1) is 0 Å². The van der Waals surface area contributed by atoms with E-state index in [0.29, 0.717) is 5.82 Å². The van der Waals surface area contributed by atoms with Gasteiger partial charge in [-0.05, 0) is 42.3 Å². The van der Waals surface area contributed by atoms with Gasteiger partial charge in [-0.3, -0.25) is 4.79 Å². The molecule has 2 aromatic carbocycles. The molecule has 1 aliphatic rings. The highest BCUT2D eigenvalue weighted by Crippen LogP contribution is 2.28. The summed E-state index contributed by atoms with van der Waals surface area (Å²) in [5, 5.41) is 12.6. The van der Waals surface area contributed by atoms with E-state index in [1.54, 1.807) is 7.11 Å². The molecule has 1 saturated carbocycles. The first-order valence-electron chi connectivity index (χ1n) is 10.0. The Balaban J connectivity index is 1.54. The molecule has 0 N–H and O–H groups in total. The molecule has 3 aromatic rings. The second-order valence-electron chi connectivity index (χ2n) is 7.27. The van der Waals surface area contributed by atoms with Crippen LogP contribution in [-0.4, -0.2) is 39.3 Å². The average Bonchev–Trinajstić information content (AvgIpc) is 3.24. The minimum Gasteiger partial charge on any atom is -0.497 e. The zero-order valence-electron chi connectivity index (χ0n) is 16.6. The van der Waals surface area contributed by atoms with E-state index >= 15 is 0 Å². The van der Waals surface area contributed by atoms with E-state index in [0.717, 1.165) is 42.7 Å². The second kappa shape index (κ2) is 8.86. The summed E-state index contributed by atoms with van der Waals surface area (Å²) in [4.78, 5) is 16.5. The van der Waals surface area contributed by atoms with Crippen LogP contribution in [0.25, 0.3) is 11.4 Å². The molecule has 1 aliphatic carbocycles. The summed E-state index contributed by atoms with van der Waals surface area (Å²) >= 11 is 0. The van der Waals surface area contributed by atoms with Gasteiger partial charge in [0.1, 0.15) is 12.3 Å². The van der Waals surface area contributed by atoms with Gasteiger partial charge in [-0.1, -0.05) is 49.6 Å². The lowest BCUT2D eigenvalue weighted by molar-refractivity contribution is -0.120. The van der Waals surface area contributed by atoms with Crippen molar-refractivity contribution in [2.75, 3.05) is 12.0 Å². The SMILES string of the molecule is COc1cccc(-c2nnn(CC(=O)N(c3ccccc3)C3CCCCC3)n2)c1. The van der Waals surface area contributed by atoms with Crippen molar-refractivity contribution in [3.63, 3.8) is 0 Å². The van der Waals surface area contributed by atoms with Gasteiger partial charge < -0.3 is 9.64 Å². The molecule has 0 unspecified atom stereocenters. The number of para-hydroxylation sites is 1.